The van der Waals surface area contributed by atoms with E-state index in [0.29, 0.717) is 24.7 Å². The average molecular weight is 292 g/mol. The van der Waals surface area contributed by atoms with Crippen molar-refractivity contribution in [3.63, 3.8) is 0 Å². The zero-order valence-electron chi connectivity index (χ0n) is 12.0. The minimum absolute atomic E-state index is 0.170. The third kappa shape index (κ3) is 3.68. The van der Waals surface area contributed by atoms with E-state index in [2.05, 4.69) is 20.4 Å². The third-order valence-electron chi connectivity index (χ3n) is 2.39. The number of carbonyl (C=O) groups is 1. The highest BCUT2D eigenvalue weighted by Crippen LogP contribution is 2.23. The largest absolute Gasteiger partial charge is 0.476 e. The van der Waals surface area contributed by atoms with E-state index in [4.69, 9.17) is 14.0 Å². The van der Waals surface area contributed by atoms with Crippen LogP contribution in [0.5, 0.6) is 11.9 Å². The van der Waals surface area contributed by atoms with Gasteiger partial charge in [0.15, 0.2) is 5.69 Å². The number of carbonyl (C=O) groups excluding carboxylic acids is 1. The Morgan fingerprint density at radius 1 is 1.33 bits per heavy atom. The van der Waals surface area contributed by atoms with Crippen LogP contribution in [0.3, 0.4) is 0 Å². The van der Waals surface area contributed by atoms with Gasteiger partial charge in [-0.25, -0.2) is 4.98 Å². The highest BCUT2D eigenvalue weighted by Gasteiger charge is 2.16. The number of ether oxygens (including phenoxy) is 2. The van der Waals surface area contributed by atoms with Crippen molar-refractivity contribution >= 4 is 11.6 Å². The van der Waals surface area contributed by atoms with Crippen molar-refractivity contribution in [2.75, 3.05) is 18.5 Å². The highest BCUT2D eigenvalue weighted by molar-refractivity contribution is 6.03. The molecule has 0 saturated heterocycles. The molecular weight excluding hydrogens is 276 g/mol. The highest BCUT2D eigenvalue weighted by atomic mass is 16.5. The van der Waals surface area contributed by atoms with Gasteiger partial charge >= 0.3 is 6.01 Å². The number of hydrogen-bond donors (Lipinski definition) is 1. The summed E-state index contributed by atoms with van der Waals surface area (Å²) in [5.41, 5.74) is 0.509. The second kappa shape index (κ2) is 6.69. The number of amides is 1. The maximum atomic E-state index is 12.0. The summed E-state index contributed by atoms with van der Waals surface area (Å²) < 4.78 is 15.4. The summed E-state index contributed by atoms with van der Waals surface area (Å²) >= 11 is 0. The first kappa shape index (κ1) is 14.8. The molecule has 0 aliphatic carbocycles. The molecule has 0 spiro atoms. The molecule has 0 aliphatic rings. The van der Waals surface area contributed by atoms with Crippen LogP contribution in [0.25, 0.3) is 0 Å². The molecule has 8 heteroatoms. The van der Waals surface area contributed by atoms with Gasteiger partial charge in [-0.3, -0.25) is 4.79 Å². The van der Waals surface area contributed by atoms with E-state index < -0.39 is 5.91 Å². The van der Waals surface area contributed by atoms with Gasteiger partial charge in [0.2, 0.25) is 5.88 Å². The van der Waals surface area contributed by atoms with E-state index in [1.165, 1.54) is 12.3 Å². The smallest absolute Gasteiger partial charge is 0.319 e. The molecule has 1 N–H and O–H groups in total. The van der Waals surface area contributed by atoms with Crippen LogP contribution in [-0.4, -0.2) is 34.2 Å². The number of rotatable bonds is 6. The topological polar surface area (TPSA) is 99.4 Å². The van der Waals surface area contributed by atoms with Crippen LogP contribution in [0.15, 0.2) is 16.8 Å². The number of anilines is 1. The monoisotopic (exact) mass is 292 g/mol. The van der Waals surface area contributed by atoms with Crippen LogP contribution >= 0.6 is 0 Å². The Bertz CT molecular complexity index is 626. The Morgan fingerprint density at radius 3 is 2.71 bits per heavy atom. The maximum Gasteiger partial charge on any atom is 0.319 e. The lowest BCUT2D eigenvalue weighted by atomic mass is 10.3. The number of nitrogens with one attached hydrogen (secondary N) is 1. The first-order valence-electron chi connectivity index (χ1n) is 6.51. The molecule has 0 aliphatic heterocycles. The molecule has 2 rings (SSSR count). The van der Waals surface area contributed by atoms with Crippen LogP contribution < -0.4 is 14.8 Å². The lowest BCUT2D eigenvalue weighted by Gasteiger charge is -2.10. The zero-order chi connectivity index (χ0) is 15.2. The quantitative estimate of drug-likeness (QED) is 0.866. The molecule has 112 valence electrons. The number of hydrogen-bond acceptors (Lipinski definition) is 7. The van der Waals surface area contributed by atoms with Crippen molar-refractivity contribution in [1.82, 2.24) is 15.1 Å². The molecule has 0 radical (unpaired) electrons. The standard InChI is InChI=1S/C13H16N4O4/c1-4-19-12-10(7-14-13(16-12)20-5-2)15-11(18)9-6-8(3)21-17-9/h6-7H,4-5H2,1-3H3,(H,15,18). The lowest BCUT2D eigenvalue weighted by molar-refractivity contribution is 0.101. The molecule has 0 atom stereocenters. The predicted octanol–water partition coefficient (Wildman–Crippen LogP) is 1.82. The van der Waals surface area contributed by atoms with Gasteiger partial charge in [-0.1, -0.05) is 5.16 Å². The summed E-state index contributed by atoms with van der Waals surface area (Å²) in [6, 6.07) is 1.72. The summed E-state index contributed by atoms with van der Waals surface area (Å²) in [4.78, 5) is 20.1. The van der Waals surface area contributed by atoms with E-state index in [9.17, 15) is 4.79 Å². The van der Waals surface area contributed by atoms with Crippen molar-refractivity contribution in [1.29, 1.82) is 0 Å². The van der Waals surface area contributed by atoms with E-state index >= 15 is 0 Å². The van der Waals surface area contributed by atoms with E-state index in [1.807, 2.05) is 13.8 Å². The molecule has 0 aromatic carbocycles. The normalized spacial score (nSPS) is 10.2. The average Bonchev–Trinajstić information content (AvgIpc) is 2.89. The van der Waals surface area contributed by atoms with Crippen molar-refractivity contribution in [2.24, 2.45) is 0 Å². The minimum atomic E-state index is -0.430. The number of nitrogens with zero attached hydrogens (tertiary/aromatic N) is 3. The fraction of sp³-hybridized carbons (Fsp3) is 0.385. The van der Waals surface area contributed by atoms with Crippen LogP contribution in [0.2, 0.25) is 0 Å². The first-order valence-corrected chi connectivity index (χ1v) is 6.51. The van der Waals surface area contributed by atoms with Gasteiger partial charge in [0, 0.05) is 6.07 Å². The van der Waals surface area contributed by atoms with Gasteiger partial charge in [0.1, 0.15) is 11.4 Å². The SMILES string of the molecule is CCOc1ncc(NC(=O)c2cc(C)on2)c(OCC)n1. The molecule has 2 aromatic heterocycles. The fourth-order valence-corrected chi connectivity index (χ4v) is 1.54. The second-order valence-corrected chi connectivity index (χ2v) is 4.01. The van der Waals surface area contributed by atoms with Gasteiger partial charge in [0.05, 0.1) is 19.4 Å². The molecule has 0 bridgehead atoms. The number of aromatic nitrogens is 3. The Labute approximate surface area is 121 Å². The summed E-state index contributed by atoms with van der Waals surface area (Å²) in [6.07, 6.45) is 1.42. The molecule has 2 heterocycles. The Kier molecular flexibility index (Phi) is 4.70. The molecule has 21 heavy (non-hydrogen) atoms. The Hall–Kier alpha value is -2.64. The van der Waals surface area contributed by atoms with Gasteiger partial charge in [-0.15, -0.1) is 0 Å². The Balaban J connectivity index is 2.20. The molecule has 0 unspecified atom stereocenters. The molecule has 0 fully saturated rings. The lowest BCUT2D eigenvalue weighted by Crippen LogP contribution is -2.14. The van der Waals surface area contributed by atoms with Crippen molar-refractivity contribution < 1.29 is 18.8 Å². The summed E-state index contributed by atoms with van der Waals surface area (Å²) in [6.45, 7) is 6.18. The molecule has 2 aromatic rings. The minimum Gasteiger partial charge on any atom is -0.476 e. The van der Waals surface area contributed by atoms with Gasteiger partial charge in [-0.2, -0.15) is 4.98 Å². The van der Waals surface area contributed by atoms with Crippen LogP contribution in [-0.2, 0) is 0 Å². The molecule has 0 saturated carbocycles. The first-order chi connectivity index (χ1) is 10.1. The maximum absolute atomic E-state index is 12.0. The second-order valence-electron chi connectivity index (χ2n) is 4.01. The van der Waals surface area contributed by atoms with Crippen molar-refractivity contribution in [2.45, 2.75) is 20.8 Å². The fourth-order valence-electron chi connectivity index (χ4n) is 1.54. The molecule has 8 nitrogen and oxygen atoms in total. The summed E-state index contributed by atoms with van der Waals surface area (Å²) in [5, 5.41) is 6.27. The zero-order valence-corrected chi connectivity index (χ0v) is 12.0. The predicted molar refractivity (Wildman–Crippen MR) is 73.6 cm³/mol. The van der Waals surface area contributed by atoms with E-state index in [-0.39, 0.29) is 17.6 Å². The summed E-state index contributed by atoms with van der Waals surface area (Å²) in [7, 11) is 0. The number of aryl methyl sites for hydroxylation is 1. The van der Waals surface area contributed by atoms with E-state index in [0.717, 1.165) is 0 Å². The van der Waals surface area contributed by atoms with Crippen LogP contribution in [0.1, 0.15) is 30.1 Å². The van der Waals surface area contributed by atoms with Crippen LogP contribution in [0, 0.1) is 6.92 Å². The van der Waals surface area contributed by atoms with Gasteiger partial charge in [0.25, 0.3) is 5.91 Å². The van der Waals surface area contributed by atoms with E-state index in [1.54, 1.807) is 6.92 Å². The van der Waals surface area contributed by atoms with Crippen molar-refractivity contribution in [3.8, 4) is 11.9 Å². The van der Waals surface area contributed by atoms with Crippen molar-refractivity contribution in [3.05, 3.63) is 23.7 Å². The summed E-state index contributed by atoms with van der Waals surface area (Å²) in [5.74, 6) is 0.359. The van der Waals surface area contributed by atoms with Gasteiger partial charge in [-0.05, 0) is 20.8 Å². The molecular formula is C13H16N4O4. The Morgan fingerprint density at radius 2 is 2.10 bits per heavy atom. The van der Waals surface area contributed by atoms with Crippen LogP contribution in [0.4, 0.5) is 5.69 Å². The van der Waals surface area contributed by atoms with Gasteiger partial charge < -0.3 is 19.3 Å². The molecule has 1 amide bonds. The third-order valence-corrected chi connectivity index (χ3v) is 2.39.